The maximum atomic E-state index is 13.6. The minimum Gasteiger partial charge on any atom is -0.332 e. The van der Waals surface area contributed by atoms with E-state index in [0.717, 1.165) is 0 Å². The van der Waals surface area contributed by atoms with E-state index in [9.17, 15) is 12.8 Å². The summed E-state index contributed by atoms with van der Waals surface area (Å²) in [6.07, 6.45) is 1.90. The van der Waals surface area contributed by atoms with Gasteiger partial charge in [-0.05, 0) is 31.0 Å². The van der Waals surface area contributed by atoms with E-state index in [4.69, 9.17) is 0 Å². The molecule has 1 heterocycles. The minimum absolute atomic E-state index is 0.0128. The largest absolute Gasteiger partial charge is 0.332 e. The van der Waals surface area contributed by atoms with Crippen LogP contribution in [0.15, 0.2) is 29.4 Å². The van der Waals surface area contributed by atoms with Gasteiger partial charge in [0.15, 0.2) is 5.03 Å². The second kappa shape index (κ2) is 5.95. The molecule has 0 saturated heterocycles. The predicted octanol–water partition coefficient (Wildman–Crippen LogP) is 2.46. The number of H-pyrrole nitrogens is 1. The van der Waals surface area contributed by atoms with Crippen molar-refractivity contribution >= 4 is 10.0 Å². The number of sulfonamides is 1. The van der Waals surface area contributed by atoms with Crippen molar-refractivity contribution in [2.75, 3.05) is 0 Å². The molecule has 0 amide bonds. The Kier molecular flexibility index (Phi) is 4.43. The Bertz CT molecular complexity index is 740. The number of aromatic amines is 1. The number of nitrogens with zero attached hydrogens (tertiary/aromatic N) is 1. The van der Waals surface area contributed by atoms with E-state index in [0.29, 0.717) is 23.4 Å². The van der Waals surface area contributed by atoms with Gasteiger partial charge in [0.05, 0.1) is 6.20 Å². The van der Waals surface area contributed by atoms with E-state index in [-0.39, 0.29) is 10.8 Å². The number of benzene rings is 1. The van der Waals surface area contributed by atoms with Crippen molar-refractivity contribution in [2.24, 2.45) is 0 Å². The van der Waals surface area contributed by atoms with E-state index >= 15 is 0 Å². The maximum absolute atomic E-state index is 13.6. The van der Waals surface area contributed by atoms with Crippen molar-refractivity contribution in [3.8, 4) is 0 Å². The SMILES string of the molecule is CCc1ncc(S(=O)(=O)NC(C)c2ccc(C)c(F)c2)[nH]1. The molecule has 0 aliphatic heterocycles. The van der Waals surface area contributed by atoms with Gasteiger partial charge < -0.3 is 4.98 Å². The minimum atomic E-state index is -3.71. The molecule has 2 N–H and O–H groups in total. The van der Waals surface area contributed by atoms with E-state index < -0.39 is 16.1 Å². The first kappa shape index (κ1) is 15.7. The molecule has 7 heteroatoms. The normalized spacial score (nSPS) is 13.3. The fourth-order valence-electron chi connectivity index (χ4n) is 1.90. The molecule has 0 spiro atoms. The first-order valence-electron chi connectivity index (χ1n) is 6.65. The Morgan fingerprint density at radius 2 is 2.14 bits per heavy atom. The average Bonchev–Trinajstić information content (AvgIpc) is 2.91. The van der Waals surface area contributed by atoms with Gasteiger partial charge in [-0.2, -0.15) is 0 Å². The van der Waals surface area contributed by atoms with Crippen LogP contribution in [-0.2, 0) is 16.4 Å². The molecule has 0 aliphatic carbocycles. The molecule has 0 radical (unpaired) electrons. The van der Waals surface area contributed by atoms with Crippen molar-refractivity contribution in [1.82, 2.24) is 14.7 Å². The standard InChI is InChI=1S/C14H18FN3O2S/c1-4-13-16-8-14(17-13)21(19,20)18-10(3)11-6-5-9(2)12(15)7-11/h5-8,10,18H,4H2,1-3H3,(H,16,17). The van der Waals surface area contributed by atoms with Gasteiger partial charge in [-0.1, -0.05) is 19.1 Å². The van der Waals surface area contributed by atoms with Gasteiger partial charge in [0.2, 0.25) is 0 Å². The van der Waals surface area contributed by atoms with Gasteiger partial charge in [-0.3, -0.25) is 0 Å². The molecular weight excluding hydrogens is 293 g/mol. The van der Waals surface area contributed by atoms with Crippen molar-refractivity contribution in [3.63, 3.8) is 0 Å². The summed E-state index contributed by atoms with van der Waals surface area (Å²) in [4.78, 5) is 6.72. The van der Waals surface area contributed by atoms with Crippen molar-refractivity contribution in [3.05, 3.63) is 47.2 Å². The fourth-order valence-corrected chi connectivity index (χ4v) is 3.07. The summed E-state index contributed by atoms with van der Waals surface area (Å²) in [5.41, 5.74) is 1.09. The van der Waals surface area contributed by atoms with Crippen LogP contribution in [-0.4, -0.2) is 18.4 Å². The Balaban J connectivity index is 2.21. The van der Waals surface area contributed by atoms with Crippen LogP contribution in [0.1, 0.15) is 36.8 Å². The van der Waals surface area contributed by atoms with E-state index in [1.165, 1.54) is 12.3 Å². The number of nitrogens with one attached hydrogen (secondary N) is 2. The van der Waals surface area contributed by atoms with Crippen LogP contribution < -0.4 is 4.72 Å². The number of rotatable bonds is 5. The molecule has 1 atom stereocenters. The zero-order valence-corrected chi connectivity index (χ0v) is 13.0. The topological polar surface area (TPSA) is 74.8 Å². The van der Waals surface area contributed by atoms with Gasteiger partial charge in [-0.15, -0.1) is 0 Å². The van der Waals surface area contributed by atoms with Gasteiger partial charge in [0, 0.05) is 12.5 Å². The molecule has 1 aromatic carbocycles. The second-order valence-electron chi connectivity index (χ2n) is 4.90. The fraction of sp³-hybridized carbons (Fsp3) is 0.357. The van der Waals surface area contributed by atoms with Crippen LogP contribution in [0.25, 0.3) is 0 Å². The summed E-state index contributed by atoms with van der Waals surface area (Å²) in [5.74, 6) is 0.248. The number of hydrogen-bond donors (Lipinski definition) is 2. The van der Waals surface area contributed by atoms with Crippen LogP contribution in [0.3, 0.4) is 0 Å². The van der Waals surface area contributed by atoms with E-state index in [1.807, 2.05) is 6.92 Å². The van der Waals surface area contributed by atoms with Gasteiger partial charge in [0.25, 0.3) is 10.0 Å². The molecule has 0 saturated carbocycles. The first-order valence-corrected chi connectivity index (χ1v) is 8.14. The Morgan fingerprint density at radius 3 is 2.71 bits per heavy atom. The molecule has 5 nitrogen and oxygen atoms in total. The molecule has 1 unspecified atom stereocenters. The lowest BCUT2D eigenvalue weighted by Crippen LogP contribution is -2.27. The first-order chi connectivity index (χ1) is 9.83. The van der Waals surface area contributed by atoms with Crippen LogP contribution in [0.2, 0.25) is 0 Å². The zero-order valence-electron chi connectivity index (χ0n) is 12.1. The summed E-state index contributed by atoms with van der Waals surface area (Å²) in [5, 5.41) is 0.0128. The van der Waals surface area contributed by atoms with Gasteiger partial charge in [0.1, 0.15) is 11.6 Å². The molecule has 0 bridgehead atoms. The molecule has 0 fully saturated rings. The highest BCUT2D eigenvalue weighted by Gasteiger charge is 2.21. The third-order valence-electron chi connectivity index (χ3n) is 3.26. The third kappa shape index (κ3) is 3.48. The summed E-state index contributed by atoms with van der Waals surface area (Å²) in [7, 11) is -3.71. The predicted molar refractivity (Wildman–Crippen MR) is 77.8 cm³/mol. The number of aryl methyl sites for hydroxylation is 2. The van der Waals surface area contributed by atoms with Crippen LogP contribution in [0.4, 0.5) is 4.39 Å². The van der Waals surface area contributed by atoms with Crippen molar-refractivity contribution < 1.29 is 12.8 Å². The Morgan fingerprint density at radius 1 is 1.43 bits per heavy atom. The lowest BCUT2D eigenvalue weighted by molar-refractivity contribution is 0.561. The summed E-state index contributed by atoms with van der Waals surface area (Å²) >= 11 is 0. The quantitative estimate of drug-likeness (QED) is 0.890. The summed E-state index contributed by atoms with van der Waals surface area (Å²) < 4.78 is 40.5. The number of hydrogen-bond acceptors (Lipinski definition) is 3. The summed E-state index contributed by atoms with van der Waals surface area (Å²) in [6, 6.07) is 4.13. The highest BCUT2D eigenvalue weighted by atomic mass is 32.2. The molecule has 21 heavy (non-hydrogen) atoms. The second-order valence-corrected chi connectivity index (χ2v) is 6.58. The lowest BCUT2D eigenvalue weighted by atomic mass is 10.1. The molecule has 1 aromatic heterocycles. The van der Waals surface area contributed by atoms with Crippen molar-refractivity contribution in [1.29, 1.82) is 0 Å². The smallest absolute Gasteiger partial charge is 0.258 e. The lowest BCUT2D eigenvalue weighted by Gasteiger charge is -2.14. The average molecular weight is 311 g/mol. The molecule has 2 aromatic rings. The van der Waals surface area contributed by atoms with Crippen molar-refractivity contribution in [2.45, 2.75) is 38.3 Å². The van der Waals surface area contributed by atoms with Crippen LogP contribution in [0.5, 0.6) is 0 Å². The maximum Gasteiger partial charge on any atom is 0.258 e. The van der Waals surface area contributed by atoms with Gasteiger partial charge in [-0.25, -0.2) is 22.5 Å². The monoisotopic (exact) mass is 311 g/mol. The molecular formula is C14H18FN3O2S. The van der Waals surface area contributed by atoms with Crippen LogP contribution in [0, 0.1) is 12.7 Å². The highest BCUT2D eigenvalue weighted by molar-refractivity contribution is 7.89. The summed E-state index contributed by atoms with van der Waals surface area (Å²) in [6.45, 7) is 5.20. The number of imidazole rings is 1. The molecule has 2 rings (SSSR count). The number of aromatic nitrogens is 2. The highest BCUT2D eigenvalue weighted by Crippen LogP contribution is 2.18. The van der Waals surface area contributed by atoms with E-state index in [1.54, 1.807) is 26.0 Å². The zero-order chi connectivity index (χ0) is 15.6. The van der Waals surface area contributed by atoms with Gasteiger partial charge >= 0.3 is 0 Å². The Labute approximate surface area is 123 Å². The Hall–Kier alpha value is -1.73. The number of halogens is 1. The molecule has 0 aliphatic rings. The van der Waals surface area contributed by atoms with E-state index in [2.05, 4.69) is 14.7 Å². The van der Waals surface area contributed by atoms with Crippen LogP contribution >= 0.6 is 0 Å². The third-order valence-corrected chi connectivity index (χ3v) is 4.71. The molecule has 114 valence electrons.